The van der Waals surface area contributed by atoms with Crippen molar-refractivity contribution in [2.75, 3.05) is 0 Å². The molecule has 2 aromatic heterocycles. The lowest BCUT2D eigenvalue weighted by Crippen LogP contribution is -2.14. The Bertz CT molecular complexity index is 1090. The minimum atomic E-state index is -0.0638. The molecule has 0 bridgehead atoms. The Kier molecular flexibility index (Phi) is 5.94. The highest BCUT2D eigenvalue weighted by molar-refractivity contribution is 7.17. The number of ether oxygens (including phenoxy) is 1. The van der Waals surface area contributed by atoms with Gasteiger partial charge < -0.3 is 4.74 Å². The van der Waals surface area contributed by atoms with Crippen LogP contribution in [0.3, 0.4) is 0 Å². The summed E-state index contributed by atoms with van der Waals surface area (Å²) in [5.74, 6) is 0.821. The average molecular weight is 444 g/mol. The summed E-state index contributed by atoms with van der Waals surface area (Å²) in [4.78, 5) is 29.5. The van der Waals surface area contributed by atoms with E-state index in [1.165, 1.54) is 22.7 Å². The van der Waals surface area contributed by atoms with E-state index in [1.54, 1.807) is 25.3 Å². The van der Waals surface area contributed by atoms with Crippen molar-refractivity contribution in [3.05, 3.63) is 62.4 Å². The number of hydrogen-bond acceptors (Lipinski definition) is 6. The summed E-state index contributed by atoms with van der Waals surface area (Å²) in [6.07, 6.45) is 6.75. The second-order valence-electron chi connectivity index (χ2n) is 6.82. The van der Waals surface area contributed by atoms with Gasteiger partial charge in [0.25, 0.3) is 0 Å². The number of carbonyl (C=O) groups is 2. The first kappa shape index (κ1) is 20.0. The Morgan fingerprint density at radius 2 is 2.21 bits per heavy atom. The number of Topliss-reactive ketones (excluding diaryl/α,β-unsaturated/α-hetero) is 1. The van der Waals surface area contributed by atoms with E-state index in [0.29, 0.717) is 23.6 Å². The van der Waals surface area contributed by atoms with Gasteiger partial charge in [-0.25, -0.2) is 4.98 Å². The van der Waals surface area contributed by atoms with Gasteiger partial charge in [0.15, 0.2) is 11.6 Å². The largest absolute Gasteiger partial charge is 0.488 e. The number of ketones is 2. The molecule has 0 fully saturated rings. The molecule has 0 radical (unpaired) electrons. The number of aromatic nitrogens is 1. The second-order valence-corrected chi connectivity index (χ2v) is 9.24. The maximum absolute atomic E-state index is 12.1. The highest BCUT2D eigenvalue weighted by Gasteiger charge is 2.26. The zero-order valence-electron chi connectivity index (χ0n) is 15.7. The molecule has 1 aromatic carbocycles. The highest BCUT2D eigenvalue weighted by Crippen LogP contribution is 2.41. The molecular formula is C22H18ClNO3S2. The SMILES string of the molecule is CC(=O)c1ccc(-c2cc(Cl)c3c(c2)CC(CCC(=O)/C=C/c2nccs2)O3)s1. The second kappa shape index (κ2) is 8.61. The Labute approximate surface area is 181 Å². The zero-order chi connectivity index (χ0) is 20.4. The molecule has 148 valence electrons. The van der Waals surface area contributed by atoms with Crippen LogP contribution in [0.5, 0.6) is 5.75 Å². The molecule has 1 aliphatic heterocycles. The van der Waals surface area contributed by atoms with Crippen LogP contribution in [0, 0.1) is 0 Å². The lowest BCUT2D eigenvalue weighted by molar-refractivity contribution is -0.114. The number of benzene rings is 1. The lowest BCUT2D eigenvalue weighted by Gasteiger charge is -2.10. The summed E-state index contributed by atoms with van der Waals surface area (Å²) < 4.78 is 6.00. The molecule has 3 heterocycles. The summed E-state index contributed by atoms with van der Waals surface area (Å²) >= 11 is 9.42. The number of halogens is 1. The number of thiazole rings is 1. The summed E-state index contributed by atoms with van der Waals surface area (Å²) in [7, 11) is 0. The van der Waals surface area contributed by atoms with Crippen molar-refractivity contribution < 1.29 is 14.3 Å². The Morgan fingerprint density at radius 1 is 1.34 bits per heavy atom. The van der Waals surface area contributed by atoms with Crippen LogP contribution in [0.15, 0.2) is 41.9 Å². The van der Waals surface area contributed by atoms with E-state index in [1.807, 2.05) is 23.6 Å². The topological polar surface area (TPSA) is 56.3 Å². The van der Waals surface area contributed by atoms with E-state index in [2.05, 4.69) is 11.1 Å². The number of carbonyl (C=O) groups excluding carboxylic acids is 2. The molecule has 4 rings (SSSR count). The Morgan fingerprint density at radius 3 is 2.93 bits per heavy atom. The van der Waals surface area contributed by atoms with E-state index >= 15 is 0 Å². The third-order valence-corrected chi connectivity index (χ3v) is 6.92. The number of hydrogen-bond donors (Lipinski definition) is 0. The molecule has 1 aliphatic rings. The van der Waals surface area contributed by atoms with E-state index in [4.69, 9.17) is 16.3 Å². The van der Waals surface area contributed by atoms with Gasteiger partial charge in [-0.2, -0.15) is 0 Å². The van der Waals surface area contributed by atoms with Crippen LogP contribution in [0.2, 0.25) is 5.02 Å². The fourth-order valence-corrected chi connectivity index (χ4v) is 4.94. The molecule has 0 saturated heterocycles. The van der Waals surface area contributed by atoms with E-state index in [-0.39, 0.29) is 17.7 Å². The summed E-state index contributed by atoms with van der Waals surface area (Å²) in [5, 5.41) is 3.26. The molecule has 0 spiro atoms. The number of thiophene rings is 1. The van der Waals surface area contributed by atoms with Crippen LogP contribution in [0.25, 0.3) is 16.5 Å². The maximum Gasteiger partial charge on any atom is 0.169 e. The molecule has 1 atom stereocenters. The first-order chi connectivity index (χ1) is 14.0. The lowest BCUT2D eigenvalue weighted by atomic mass is 10.0. The molecule has 7 heteroatoms. The Balaban J connectivity index is 1.40. The number of fused-ring (bicyclic) bond motifs is 1. The van der Waals surface area contributed by atoms with E-state index in [9.17, 15) is 9.59 Å². The fourth-order valence-electron chi connectivity index (χ4n) is 3.24. The molecule has 0 N–H and O–H groups in total. The van der Waals surface area contributed by atoms with Crippen LogP contribution < -0.4 is 4.74 Å². The molecule has 1 unspecified atom stereocenters. The third-order valence-electron chi connectivity index (χ3n) is 4.67. The van der Waals surface area contributed by atoms with Crippen molar-refractivity contribution in [2.45, 2.75) is 32.3 Å². The standard InChI is InChI=1S/C22H18ClNO3S2/c1-13(25)19-5-6-20(29-19)14-10-15-11-17(27-22(15)18(23)12-14)4-2-16(26)3-7-21-24-8-9-28-21/h3,5-10,12,17H,2,4,11H2,1H3/b7-3+. The van der Waals surface area contributed by atoms with Crippen LogP contribution in [-0.4, -0.2) is 22.7 Å². The molecule has 0 amide bonds. The van der Waals surface area contributed by atoms with E-state index < -0.39 is 0 Å². The van der Waals surface area contributed by atoms with Crippen LogP contribution in [0.4, 0.5) is 0 Å². The van der Waals surface area contributed by atoms with Gasteiger partial charge in [0.05, 0.1) is 9.90 Å². The molecule has 0 saturated carbocycles. The highest BCUT2D eigenvalue weighted by atomic mass is 35.5. The van der Waals surface area contributed by atoms with Crippen molar-refractivity contribution in [3.63, 3.8) is 0 Å². The molecule has 4 nitrogen and oxygen atoms in total. The Hall–Kier alpha value is -2.28. The molecule has 3 aromatic rings. The van der Waals surface area contributed by atoms with E-state index in [0.717, 1.165) is 32.3 Å². The normalized spacial score (nSPS) is 15.4. The van der Waals surface area contributed by atoms with Gasteiger partial charge in [0.2, 0.25) is 0 Å². The minimum Gasteiger partial charge on any atom is -0.488 e. The van der Waals surface area contributed by atoms with Gasteiger partial charge in [0.1, 0.15) is 16.9 Å². The summed E-state index contributed by atoms with van der Waals surface area (Å²) in [6, 6.07) is 7.73. The van der Waals surface area contributed by atoms with Gasteiger partial charge in [-0.05, 0) is 55.3 Å². The maximum atomic E-state index is 12.1. The third kappa shape index (κ3) is 4.66. The average Bonchev–Trinajstić information content (AvgIpc) is 3.44. The minimum absolute atomic E-state index is 0.0573. The first-order valence-electron chi connectivity index (χ1n) is 9.20. The summed E-state index contributed by atoms with van der Waals surface area (Å²) in [6.45, 7) is 1.57. The molecule has 0 aliphatic carbocycles. The smallest absolute Gasteiger partial charge is 0.169 e. The van der Waals surface area contributed by atoms with Gasteiger partial charge in [-0.1, -0.05) is 11.6 Å². The molecule has 29 heavy (non-hydrogen) atoms. The van der Waals surface area contributed by atoms with Crippen LogP contribution in [0.1, 0.15) is 40.0 Å². The number of rotatable bonds is 7. The number of nitrogens with zero attached hydrogens (tertiary/aromatic N) is 1. The van der Waals surface area contributed by atoms with Crippen LogP contribution in [-0.2, 0) is 11.2 Å². The van der Waals surface area contributed by atoms with Crippen molar-refractivity contribution in [1.82, 2.24) is 4.98 Å². The quantitative estimate of drug-likeness (QED) is 0.327. The molecular weight excluding hydrogens is 426 g/mol. The van der Waals surface area contributed by atoms with Gasteiger partial charge >= 0.3 is 0 Å². The monoisotopic (exact) mass is 443 g/mol. The summed E-state index contributed by atoms with van der Waals surface area (Å²) in [5.41, 5.74) is 2.03. The predicted molar refractivity (Wildman–Crippen MR) is 118 cm³/mol. The first-order valence-corrected chi connectivity index (χ1v) is 11.3. The van der Waals surface area contributed by atoms with Crippen LogP contribution >= 0.6 is 34.3 Å². The van der Waals surface area contributed by atoms with Gasteiger partial charge in [0, 0.05) is 34.9 Å². The van der Waals surface area contributed by atoms with Crippen molar-refractivity contribution in [2.24, 2.45) is 0 Å². The van der Waals surface area contributed by atoms with Gasteiger partial charge in [-0.15, -0.1) is 22.7 Å². The zero-order valence-corrected chi connectivity index (χ0v) is 18.1. The van der Waals surface area contributed by atoms with Gasteiger partial charge in [-0.3, -0.25) is 9.59 Å². The fraction of sp³-hybridized carbons (Fsp3) is 0.227. The van der Waals surface area contributed by atoms with Crippen molar-refractivity contribution in [3.8, 4) is 16.2 Å². The predicted octanol–water partition coefficient (Wildman–Crippen LogP) is 6.09. The number of allylic oxidation sites excluding steroid dienone is 1. The van der Waals surface area contributed by atoms with Crippen molar-refractivity contribution >= 4 is 51.9 Å². The van der Waals surface area contributed by atoms with Crippen molar-refractivity contribution in [1.29, 1.82) is 0 Å².